The van der Waals surface area contributed by atoms with Gasteiger partial charge in [0.15, 0.2) is 0 Å². The van der Waals surface area contributed by atoms with E-state index in [0.717, 1.165) is 5.56 Å². The van der Waals surface area contributed by atoms with Crippen LogP contribution in [0.1, 0.15) is 39.4 Å². The van der Waals surface area contributed by atoms with E-state index in [-0.39, 0.29) is 17.5 Å². The number of hydrogen-bond donors (Lipinski definition) is 0. The molecule has 0 aliphatic carbocycles. The monoisotopic (exact) mass is 196 g/mol. The molecule has 0 saturated carbocycles. The summed E-state index contributed by atoms with van der Waals surface area (Å²) in [5, 5.41) is 0. The molecular formula is C12H17FO. The Balaban J connectivity index is 2.74. The van der Waals surface area contributed by atoms with Crippen molar-refractivity contribution in [2.75, 3.05) is 0 Å². The van der Waals surface area contributed by atoms with Crippen LogP contribution in [0.2, 0.25) is 0 Å². The van der Waals surface area contributed by atoms with E-state index in [9.17, 15) is 4.39 Å². The van der Waals surface area contributed by atoms with Gasteiger partial charge in [-0.15, -0.1) is 0 Å². The fraction of sp³-hybridized carbons (Fsp3) is 0.500. The lowest BCUT2D eigenvalue weighted by molar-refractivity contribution is -0.0530. The maximum atomic E-state index is 12.9. The van der Waals surface area contributed by atoms with E-state index in [0.29, 0.717) is 0 Å². The first kappa shape index (κ1) is 11.2. The fourth-order valence-corrected chi connectivity index (χ4v) is 1.36. The molecule has 0 heterocycles. The summed E-state index contributed by atoms with van der Waals surface area (Å²) >= 11 is 0. The quantitative estimate of drug-likeness (QED) is 0.700. The predicted octanol–water partition coefficient (Wildman–Crippen LogP) is 3.70. The number of ether oxygens (including phenoxy) is 1. The van der Waals surface area contributed by atoms with Crippen molar-refractivity contribution in [3.63, 3.8) is 0 Å². The minimum Gasteiger partial charge on any atom is -0.368 e. The summed E-state index contributed by atoms with van der Waals surface area (Å²) < 4.78 is 18.6. The summed E-state index contributed by atoms with van der Waals surface area (Å²) in [5.41, 5.74) is 0.672. The highest BCUT2D eigenvalue weighted by Gasteiger charge is 2.16. The van der Waals surface area contributed by atoms with Crippen LogP contribution in [0.25, 0.3) is 0 Å². The predicted molar refractivity (Wildman–Crippen MR) is 55.7 cm³/mol. The Labute approximate surface area is 84.9 Å². The third-order valence-corrected chi connectivity index (χ3v) is 1.85. The molecule has 0 aliphatic heterocycles. The zero-order chi connectivity index (χ0) is 10.8. The Morgan fingerprint density at radius 2 is 1.93 bits per heavy atom. The molecule has 1 unspecified atom stereocenters. The van der Waals surface area contributed by atoms with Gasteiger partial charge in [0.2, 0.25) is 0 Å². The molecule has 0 spiro atoms. The average molecular weight is 196 g/mol. The maximum Gasteiger partial charge on any atom is 0.123 e. The molecule has 0 N–H and O–H groups in total. The zero-order valence-corrected chi connectivity index (χ0v) is 9.17. The van der Waals surface area contributed by atoms with Crippen molar-refractivity contribution in [1.29, 1.82) is 0 Å². The molecule has 0 aliphatic rings. The van der Waals surface area contributed by atoms with Crippen molar-refractivity contribution >= 4 is 0 Å². The summed E-state index contributed by atoms with van der Waals surface area (Å²) in [5.74, 6) is -0.216. The highest BCUT2D eigenvalue weighted by Crippen LogP contribution is 2.23. The molecule has 2 heteroatoms. The molecule has 14 heavy (non-hydrogen) atoms. The molecule has 0 amide bonds. The minimum atomic E-state index is -0.216. The van der Waals surface area contributed by atoms with E-state index in [2.05, 4.69) is 0 Å². The molecule has 0 bridgehead atoms. The van der Waals surface area contributed by atoms with Crippen LogP contribution < -0.4 is 0 Å². The topological polar surface area (TPSA) is 9.23 Å². The van der Waals surface area contributed by atoms with Gasteiger partial charge in [0.25, 0.3) is 0 Å². The zero-order valence-electron chi connectivity index (χ0n) is 9.17. The number of halogens is 1. The Morgan fingerprint density at radius 1 is 1.29 bits per heavy atom. The van der Waals surface area contributed by atoms with Crippen LogP contribution in [-0.4, -0.2) is 5.60 Å². The first-order valence-electron chi connectivity index (χ1n) is 4.82. The molecule has 0 aromatic heterocycles. The molecule has 1 nitrogen and oxygen atoms in total. The van der Waals surface area contributed by atoms with Crippen LogP contribution in [-0.2, 0) is 4.74 Å². The second-order valence-electron chi connectivity index (χ2n) is 4.43. The van der Waals surface area contributed by atoms with Crippen LogP contribution in [0.5, 0.6) is 0 Å². The van der Waals surface area contributed by atoms with Gasteiger partial charge in [0.05, 0.1) is 11.7 Å². The Bertz CT molecular complexity index is 301. The highest BCUT2D eigenvalue weighted by molar-refractivity contribution is 5.18. The third-order valence-electron chi connectivity index (χ3n) is 1.85. The Kier molecular flexibility index (Phi) is 3.27. The standard InChI is InChI=1S/C12H17FO/c1-9(14-12(2,3)4)10-6-5-7-11(13)8-10/h5-9H,1-4H3. The van der Waals surface area contributed by atoms with Gasteiger partial charge in [-0.2, -0.15) is 0 Å². The smallest absolute Gasteiger partial charge is 0.123 e. The second-order valence-corrected chi connectivity index (χ2v) is 4.43. The van der Waals surface area contributed by atoms with Gasteiger partial charge in [-0.1, -0.05) is 12.1 Å². The summed E-state index contributed by atoms with van der Waals surface area (Å²) in [6, 6.07) is 6.52. The van der Waals surface area contributed by atoms with Gasteiger partial charge >= 0.3 is 0 Å². The van der Waals surface area contributed by atoms with Crippen LogP contribution in [0.4, 0.5) is 4.39 Å². The highest BCUT2D eigenvalue weighted by atomic mass is 19.1. The fourth-order valence-electron chi connectivity index (χ4n) is 1.36. The lowest BCUT2D eigenvalue weighted by Gasteiger charge is -2.25. The summed E-state index contributed by atoms with van der Waals surface area (Å²) in [7, 11) is 0. The first-order valence-corrected chi connectivity index (χ1v) is 4.82. The Morgan fingerprint density at radius 3 is 2.43 bits per heavy atom. The lowest BCUT2D eigenvalue weighted by Crippen LogP contribution is -2.21. The van der Waals surface area contributed by atoms with Gasteiger partial charge in [-0.05, 0) is 45.4 Å². The van der Waals surface area contributed by atoms with Gasteiger partial charge < -0.3 is 4.74 Å². The molecule has 78 valence electrons. The molecule has 0 saturated heterocycles. The summed E-state index contributed by atoms with van der Waals surface area (Å²) in [6.07, 6.45) is -0.0781. The third kappa shape index (κ3) is 3.46. The van der Waals surface area contributed by atoms with Crippen LogP contribution >= 0.6 is 0 Å². The number of benzene rings is 1. The van der Waals surface area contributed by atoms with Crippen molar-refractivity contribution in [3.8, 4) is 0 Å². The second kappa shape index (κ2) is 4.09. The first-order chi connectivity index (χ1) is 6.38. The molecule has 0 radical (unpaired) electrons. The van der Waals surface area contributed by atoms with Crippen molar-refractivity contribution < 1.29 is 9.13 Å². The van der Waals surface area contributed by atoms with E-state index in [1.807, 2.05) is 33.8 Å². The average Bonchev–Trinajstić information content (AvgIpc) is 2.01. The van der Waals surface area contributed by atoms with Crippen molar-refractivity contribution in [3.05, 3.63) is 35.6 Å². The normalized spacial score (nSPS) is 14.1. The van der Waals surface area contributed by atoms with Crippen molar-refractivity contribution in [2.24, 2.45) is 0 Å². The van der Waals surface area contributed by atoms with Crippen molar-refractivity contribution in [1.82, 2.24) is 0 Å². The number of hydrogen-bond acceptors (Lipinski definition) is 1. The number of rotatable bonds is 2. The van der Waals surface area contributed by atoms with E-state index < -0.39 is 0 Å². The van der Waals surface area contributed by atoms with Crippen LogP contribution in [0.3, 0.4) is 0 Å². The molecule has 0 fully saturated rings. The Hall–Kier alpha value is -0.890. The van der Waals surface area contributed by atoms with E-state index >= 15 is 0 Å². The van der Waals surface area contributed by atoms with Crippen LogP contribution in [0.15, 0.2) is 24.3 Å². The van der Waals surface area contributed by atoms with Gasteiger partial charge in [0, 0.05) is 0 Å². The van der Waals surface area contributed by atoms with Gasteiger partial charge in [-0.3, -0.25) is 0 Å². The largest absolute Gasteiger partial charge is 0.368 e. The van der Waals surface area contributed by atoms with E-state index in [4.69, 9.17) is 4.74 Å². The summed E-state index contributed by atoms with van der Waals surface area (Å²) in [6.45, 7) is 7.90. The lowest BCUT2D eigenvalue weighted by atomic mass is 10.1. The molecule has 1 atom stereocenters. The minimum absolute atomic E-state index is 0.0781. The molecule has 1 aromatic carbocycles. The van der Waals surface area contributed by atoms with E-state index in [1.165, 1.54) is 12.1 Å². The molecule has 1 aromatic rings. The SMILES string of the molecule is CC(OC(C)(C)C)c1cccc(F)c1. The summed E-state index contributed by atoms with van der Waals surface area (Å²) in [4.78, 5) is 0. The van der Waals surface area contributed by atoms with Gasteiger partial charge in [-0.25, -0.2) is 4.39 Å². The van der Waals surface area contributed by atoms with Crippen LogP contribution in [0, 0.1) is 5.82 Å². The van der Waals surface area contributed by atoms with E-state index in [1.54, 1.807) is 6.07 Å². The molecular weight excluding hydrogens is 179 g/mol. The van der Waals surface area contributed by atoms with Crippen molar-refractivity contribution in [2.45, 2.75) is 39.4 Å². The van der Waals surface area contributed by atoms with Gasteiger partial charge in [0.1, 0.15) is 5.82 Å². The maximum absolute atomic E-state index is 12.9. The molecule has 1 rings (SSSR count).